The number of hydrogen-bond donors (Lipinski definition) is 2. The molecule has 0 amide bonds. The van der Waals surface area contributed by atoms with E-state index in [2.05, 4.69) is 17.2 Å². The van der Waals surface area contributed by atoms with E-state index in [0.29, 0.717) is 17.1 Å². The van der Waals surface area contributed by atoms with Gasteiger partial charge in [-0.2, -0.15) is 0 Å². The van der Waals surface area contributed by atoms with Gasteiger partial charge in [0.15, 0.2) is 0 Å². The fourth-order valence-electron chi connectivity index (χ4n) is 2.25. The van der Waals surface area contributed by atoms with Crippen LogP contribution in [0.15, 0.2) is 97.3 Å². The number of nitrogens with one attached hydrogen (secondary N) is 2. The molecule has 4 heteroatoms. The van der Waals surface area contributed by atoms with Gasteiger partial charge in [0.25, 0.3) is 0 Å². The largest absolute Gasteiger partial charge is 0.423 e. The van der Waals surface area contributed by atoms with Crippen molar-refractivity contribution in [1.29, 1.82) is 0 Å². The summed E-state index contributed by atoms with van der Waals surface area (Å²) in [6.07, 6.45) is 0. The average Bonchev–Trinajstić information content (AvgIpc) is 2.64. The first-order valence-corrected chi connectivity index (χ1v) is 7.86. The lowest BCUT2D eigenvalue weighted by atomic mass is 10.2. The summed E-state index contributed by atoms with van der Waals surface area (Å²) in [7, 11) is 0. The quantitative estimate of drug-likeness (QED) is 0.498. The Bertz CT molecular complexity index is 844. The Labute approximate surface area is 146 Å². The van der Waals surface area contributed by atoms with Crippen molar-refractivity contribution in [2.75, 3.05) is 10.6 Å². The lowest BCUT2D eigenvalue weighted by Gasteiger charge is -2.12. The Kier molecular flexibility index (Phi) is 5.12. The SMILES string of the molecule is C=C(Nc1ccccc1)Nc1ccc(C(=O)Oc2ccccc2)cc1. The lowest BCUT2D eigenvalue weighted by Crippen LogP contribution is -2.10. The predicted molar refractivity (Wildman–Crippen MR) is 101 cm³/mol. The Morgan fingerprint density at radius 3 is 1.84 bits per heavy atom. The molecule has 3 rings (SSSR count). The Balaban J connectivity index is 1.58. The van der Waals surface area contributed by atoms with Gasteiger partial charge in [-0.15, -0.1) is 0 Å². The summed E-state index contributed by atoms with van der Waals surface area (Å²) in [5.41, 5.74) is 2.25. The molecule has 124 valence electrons. The summed E-state index contributed by atoms with van der Waals surface area (Å²) in [6.45, 7) is 3.94. The Hall–Kier alpha value is -3.53. The third-order valence-corrected chi connectivity index (χ3v) is 3.44. The molecule has 2 N–H and O–H groups in total. The van der Waals surface area contributed by atoms with E-state index in [1.54, 1.807) is 36.4 Å². The maximum atomic E-state index is 12.1. The van der Waals surface area contributed by atoms with Crippen LogP contribution < -0.4 is 15.4 Å². The number of ether oxygens (including phenoxy) is 1. The number of anilines is 2. The van der Waals surface area contributed by atoms with Crippen LogP contribution in [0.4, 0.5) is 11.4 Å². The summed E-state index contributed by atoms with van der Waals surface area (Å²) >= 11 is 0. The maximum absolute atomic E-state index is 12.1. The molecule has 0 aliphatic heterocycles. The van der Waals surface area contributed by atoms with Gasteiger partial charge in [0.2, 0.25) is 0 Å². The van der Waals surface area contributed by atoms with E-state index >= 15 is 0 Å². The molecule has 0 unspecified atom stereocenters. The molecule has 0 heterocycles. The minimum atomic E-state index is -0.390. The van der Waals surface area contributed by atoms with Crippen LogP contribution >= 0.6 is 0 Å². The number of benzene rings is 3. The minimum absolute atomic E-state index is 0.390. The van der Waals surface area contributed by atoms with E-state index in [1.165, 1.54) is 0 Å². The van der Waals surface area contributed by atoms with Gasteiger partial charge in [-0.1, -0.05) is 43.0 Å². The van der Waals surface area contributed by atoms with E-state index in [-0.39, 0.29) is 5.97 Å². The highest BCUT2D eigenvalue weighted by Gasteiger charge is 2.08. The summed E-state index contributed by atoms with van der Waals surface area (Å²) < 4.78 is 5.31. The molecule has 0 aliphatic rings. The van der Waals surface area contributed by atoms with Crippen LogP contribution in [0.2, 0.25) is 0 Å². The monoisotopic (exact) mass is 330 g/mol. The number of carbonyl (C=O) groups excluding carboxylic acids is 1. The van der Waals surface area contributed by atoms with E-state index in [1.807, 2.05) is 48.5 Å². The molecular weight excluding hydrogens is 312 g/mol. The van der Waals surface area contributed by atoms with Crippen LogP contribution in [-0.2, 0) is 0 Å². The van der Waals surface area contributed by atoms with Crippen molar-refractivity contribution >= 4 is 17.3 Å². The van der Waals surface area contributed by atoms with Crippen LogP contribution in [0.5, 0.6) is 5.75 Å². The van der Waals surface area contributed by atoms with Gasteiger partial charge < -0.3 is 15.4 Å². The highest BCUT2D eigenvalue weighted by molar-refractivity contribution is 5.91. The van der Waals surface area contributed by atoms with E-state index in [4.69, 9.17) is 4.74 Å². The second kappa shape index (κ2) is 7.84. The molecule has 4 nitrogen and oxygen atoms in total. The standard InChI is InChI=1S/C21H18N2O2/c1-16(22-18-8-4-2-5-9-18)23-19-14-12-17(13-15-19)21(24)25-20-10-6-3-7-11-20/h2-15,22-23H,1H2. The average molecular weight is 330 g/mol. The van der Waals surface area contributed by atoms with Crippen molar-refractivity contribution in [2.24, 2.45) is 0 Å². The minimum Gasteiger partial charge on any atom is -0.423 e. The van der Waals surface area contributed by atoms with Crippen LogP contribution in [-0.4, -0.2) is 5.97 Å². The van der Waals surface area contributed by atoms with Crippen LogP contribution in [0, 0.1) is 0 Å². The van der Waals surface area contributed by atoms with Crippen LogP contribution in [0.1, 0.15) is 10.4 Å². The predicted octanol–water partition coefficient (Wildman–Crippen LogP) is 4.90. The van der Waals surface area contributed by atoms with Gasteiger partial charge in [0, 0.05) is 11.4 Å². The maximum Gasteiger partial charge on any atom is 0.343 e. The van der Waals surface area contributed by atoms with Crippen LogP contribution in [0.25, 0.3) is 0 Å². The van der Waals surface area contributed by atoms with Crippen molar-refractivity contribution in [3.8, 4) is 5.75 Å². The first-order valence-electron chi connectivity index (χ1n) is 7.86. The zero-order valence-electron chi connectivity index (χ0n) is 13.6. The molecule has 0 atom stereocenters. The second-order valence-corrected chi connectivity index (χ2v) is 5.37. The van der Waals surface area contributed by atoms with Gasteiger partial charge >= 0.3 is 5.97 Å². The molecule has 0 aromatic heterocycles. The summed E-state index contributed by atoms with van der Waals surface area (Å²) in [6, 6.07) is 25.8. The molecule has 0 spiro atoms. The molecule has 25 heavy (non-hydrogen) atoms. The zero-order chi connectivity index (χ0) is 17.5. The second-order valence-electron chi connectivity index (χ2n) is 5.37. The molecule has 0 aliphatic carbocycles. The highest BCUT2D eigenvalue weighted by Crippen LogP contribution is 2.16. The van der Waals surface area contributed by atoms with Gasteiger partial charge in [-0.25, -0.2) is 4.79 Å². The van der Waals surface area contributed by atoms with Crippen molar-refractivity contribution in [1.82, 2.24) is 0 Å². The molecular formula is C21H18N2O2. The third-order valence-electron chi connectivity index (χ3n) is 3.44. The van der Waals surface area contributed by atoms with Crippen molar-refractivity contribution in [3.63, 3.8) is 0 Å². The van der Waals surface area contributed by atoms with Gasteiger partial charge in [0.05, 0.1) is 5.56 Å². The fraction of sp³-hybridized carbons (Fsp3) is 0. The molecule has 0 saturated carbocycles. The first kappa shape index (κ1) is 16.3. The summed E-state index contributed by atoms with van der Waals surface area (Å²) in [4.78, 5) is 12.1. The molecule has 0 fully saturated rings. The zero-order valence-corrected chi connectivity index (χ0v) is 13.6. The number of esters is 1. The van der Waals surface area contributed by atoms with E-state index < -0.39 is 0 Å². The van der Waals surface area contributed by atoms with Crippen molar-refractivity contribution < 1.29 is 9.53 Å². The highest BCUT2D eigenvalue weighted by atomic mass is 16.5. The number of carbonyl (C=O) groups is 1. The van der Waals surface area contributed by atoms with Gasteiger partial charge in [0.1, 0.15) is 11.6 Å². The van der Waals surface area contributed by atoms with Crippen LogP contribution in [0.3, 0.4) is 0 Å². The third kappa shape index (κ3) is 4.72. The summed E-state index contributed by atoms with van der Waals surface area (Å²) in [5, 5.41) is 6.31. The topological polar surface area (TPSA) is 50.4 Å². The number of rotatable bonds is 6. The van der Waals surface area contributed by atoms with E-state index in [9.17, 15) is 4.79 Å². The Morgan fingerprint density at radius 2 is 1.24 bits per heavy atom. The smallest absolute Gasteiger partial charge is 0.343 e. The Morgan fingerprint density at radius 1 is 0.720 bits per heavy atom. The molecule has 0 saturated heterocycles. The lowest BCUT2D eigenvalue weighted by molar-refractivity contribution is 0.0735. The van der Waals surface area contributed by atoms with Gasteiger partial charge in [-0.3, -0.25) is 0 Å². The molecule has 0 bridgehead atoms. The first-order chi connectivity index (χ1) is 12.2. The van der Waals surface area contributed by atoms with Crippen molar-refractivity contribution in [2.45, 2.75) is 0 Å². The van der Waals surface area contributed by atoms with E-state index in [0.717, 1.165) is 11.4 Å². The number of para-hydroxylation sites is 2. The molecule has 0 radical (unpaired) electrons. The molecule has 3 aromatic rings. The normalized spacial score (nSPS) is 9.92. The van der Waals surface area contributed by atoms with Gasteiger partial charge in [-0.05, 0) is 48.5 Å². The summed E-state index contributed by atoms with van der Waals surface area (Å²) in [5.74, 6) is 0.778. The van der Waals surface area contributed by atoms with Crippen molar-refractivity contribution in [3.05, 3.63) is 103 Å². The fourth-order valence-corrected chi connectivity index (χ4v) is 2.25. The number of hydrogen-bond acceptors (Lipinski definition) is 4. The molecule has 3 aromatic carbocycles.